The van der Waals surface area contributed by atoms with Crippen molar-refractivity contribution in [3.05, 3.63) is 12.3 Å². The Bertz CT molecular complexity index is 60.2. The van der Waals surface area contributed by atoms with Crippen molar-refractivity contribution < 1.29 is 40.3 Å². The van der Waals surface area contributed by atoms with Gasteiger partial charge in [-0.05, 0) is 0 Å². The van der Waals surface area contributed by atoms with Gasteiger partial charge in [-0.15, -0.1) is 0 Å². The molecule has 0 saturated carbocycles. The van der Waals surface area contributed by atoms with Crippen molar-refractivity contribution in [1.29, 1.82) is 0 Å². The predicted molar refractivity (Wildman–Crippen MR) is 24.8 cm³/mol. The first-order chi connectivity index (χ1) is 2.00. The summed E-state index contributed by atoms with van der Waals surface area (Å²) in [5, 5.41) is 0. The third-order valence-electron chi connectivity index (χ3n) is 0. The molecule has 0 radical (unpaired) electrons. The van der Waals surface area contributed by atoms with Crippen LogP contribution in [-0.2, 0) is 25.6 Å². The zero-order valence-corrected chi connectivity index (χ0v) is 6.83. The first-order valence-electron chi connectivity index (χ1n) is 0.783. The number of rotatable bonds is 0. The molecule has 8 heavy (non-hydrogen) atoms. The van der Waals surface area contributed by atoms with Crippen LogP contribution < -0.4 is 0 Å². The van der Waals surface area contributed by atoms with Crippen LogP contribution in [0.25, 0.3) is 12.3 Å². The monoisotopic (exact) mass is 325 g/mol. The Balaban J connectivity index is -0.0000000267. The van der Waals surface area contributed by atoms with Crippen LogP contribution in [0.15, 0.2) is 0 Å². The Morgan fingerprint density at radius 1 is 1.00 bits per heavy atom. The molecule has 0 fully saturated rings. The molecular weight excluding hydrogens is 318 g/mol. The molecule has 8 heteroatoms. The summed E-state index contributed by atoms with van der Waals surface area (Å²) in [7, 11) is -4.64. The van der Waals surface area contributed by atoms with Crippen molar-refractivity contribution >= 4 is 7.82 Å². The fraction of sp³-hybridized carbons (Fsp3) is 0. The van der Waals surface area contributed by atoms with Crippen LogP contribution >= 0.6 is 7.82 Å². The third kappa shape index (κ3) is 426. The molecule has 0 aromatic rings. The molecule has 0 saturated heterocycles. The first kappa shape index (κ1) is 23.3. The topological polar surface area (TPSA) is 145 Å². The summed E-state index contributed by atoms with van der Waals surface area (Å²) < 4.78 is 8.88. The largest absolute Gasteiger partial charge is 2.00 e. The molecule has 0 unspecified atom stereocenters. The van der Waals surface area contributed by atoms with Crippen LogP contribution in [0.3, 0.4) is 0 Å². The Morgan fingerprint density at radius 3 is 1.00 bits per heavy atom. The molecule has 0 aliphatic rings. The molecule has 0 aromatic carbocycles. The van der Waals surface area contributed by atoms with Crippen LogP contribution in [0, 0.1) is 0 Å². The maximum absolute atomic E-state index is 8.88. The smallest absolute Gasteiger partial charge is 0.693 e. The molecule has 0 atom stereocenters. The van der Waals surface area contributed by atoms with E-state index in [1.807, 2.05) is 0 Å². The average Bonchev–Trinajstić information content (AvgIpc) is 0.722. The Morgan fingerprint density at radius 2 is 1.00 bits per heavy atom. The van der Waals surface area contributed by atoms with E-state index in [1.54, 1.807) is 0 Å². The quantitative estimate of drug-likeness (QED) is 0.557. The minimum atomic E-state index is -4.64. The van der Waals surface area contributed by atoms with Gasteiger partial charge in [0.25, 0.3) is 0 Å². The molecule has 0 amide bonds. The maximum Gasteiger partial charge on any atom is 2.00 e. The van der Waals surface area contributed by atoms with E-state index < -0.39 is 7.82 Å². The van der Waals surface area contributed by atoms with Gasteiger partial charge in [0.15, 0.2) is 0 Å². The number of hydrogen-bond donors (Lipinski definition) is 3. The molecule has 0 aromatic heterocycles. The second-order valence-electron chi connectivity index (χ2n) is 0.513. The van der Waals surface area contributed by atoms with Gasteiger partial charge in [0.2, 0.25) is 0 Å². The van der Waals surface area contributed by atoms with Crippen LogP contribution in [0.2, 0.25) is 0 Å². The zero-order valence-electron chi connectivity index (χ0n) is 3.67. The van der Waals surface area contributed by atoms with Gasteiger partial charge in [-0.3, -0.25) is 0 Å². The van der Waals surface area contributed by atoms with Crippen molar-refractivity contribution in [1.82, 2.24) is 0 Å². The van der Waals surface area contributed by atoms with Gasteiger partial charge in [0.05, 0.1) is 0 Å². The Labute approximate surface area is 61.0 Å². The minimum Gasteiger partial charge on any atom is -0.693 e. The van der Waals surface area contributed by atoms with E-state index in [4.69, 9.17) is 19.2 Å². The van der Waals surface area contributed by atoms with Crippen molar-refractivity contribution in [3.8, 4) is 0 Å². The summed E-state index contributed by atoms with van der Waals surface area (Å²) in [6.45, 7) is 0. The van der Waals surface area contributed by atoms with Crippen molar-refractivity contribution in [2.24, 2.45) is 0 Å². The summed E-state index contributed by atoms with van der Waals surface area (Å²) >= 11 is 0. The van der Waals surface area contributed by atoms with Gasteiger partial charge in [0, 0.05) is 0 Å². The molecular formula is H7N2O4PPt. The summed E-state index contributed by atoms with van der Waals surface area (Å²) in [6, 6.07) is 0. The summed E-state index contributed by atoms with van der Waals surface area (Å²) in [6.07, 6.45) is 0. The maximum atomic E-state index is 8.88. The van der Waals surface area contributed by atoms with Crippen molar-refractivity contribution in [2.45, 2.75) is 0 Å². The predicted octanol–water partition coefficient (Wildman–Crippen LogP) is 0.503. The summed E-state index contributed by atoms with van der Waals surface area (Å²) in [5.74, 6) is 0. The molecule has 0 aliphatic heterocycles. The van der Waals surface area contributed by atoms with Gasteiger partial charge in [-0.1, -0.05) is 0 Å². The van der Waals surface area contributed by atoms with Gasteiger partial charge >= 0.3 is 28.9 Å². The normalized spacial score (nSPS) is 7.38. The van der Waals surface area contributed by atoms with Crippen LogP contribution in [0.5, 0.6) is 0 Å². The van der Waals surface area contributed by atoms with E-state index in [1.165, 1.54) is 0 Å². The third-order valence-corrected chi connectivity index (χ3v) is 0. The average molecular weight is 325 g/mol. The molecule has 56 valence electrons. The SMILES string of the molecule is O=P(O)(O)O.[NH2-].[NH2-].[Pt+2]. The van der Waals surface area contributed by atoms with E-state index >= 15 is 0 Å². The van der Waals surface area contributed by atoms with E-state index in [-0.39, 0.29) is 33.4 Å². The molecule has 0 heterocycles. The molecule has 0 spiro atoms. The van der Waals surface area contributed by atoms with Crippen LogP contribution in [0.4, 0.5) is 0 Å². The Hall–Kier alpha value is 0.718. The van der Waals surface area contributed by atoms with Crippen molar-refractivity contribution in [3.63, 3.8) is 0 Å². The van der Waals surface area contributed by atoms with E-state index in [2.05, 4.69) is 0 Å². The fourth-order valence-corrected chi connectivity index (χ4v) is 0. The Kier molecular flexibility index (Phi) is 22.5. The van der Waals surface area contributed by atoms with Crippen LogP contribution in [0.1, 0.15) is 0 Å². The van der Waals surface area contributed by atoms with Gasteiger partial charge in [-0.25, -0.2) is 4.57 Å². The minimum absolute atomic E-state index is 0. The molecule has 7 N–H and O–H groups in total. The second kappa shape index (κ2) is 7.72. The summed E-state index contributed by atoms with van der Waals surface area (Å²) in [5.41, 5.74) is 0. The van der Waals surface area contributed by atoms with E-state index in [0.29, 0.717) is 0 Å². The van der Waals surface area contributed by atoms with Crippen molar-refractivity contribution in [2.75, 3.05) is 0 Å². The van der Waals surface area contributed by atoms with Crippen LogP contribution in [-0.4, -0.2) is 14.7 Å². The first-order valence-corrected chi connectivity index (χ1v) is 2.35. The standard InChI is InChI=1S/2H2N.H3O4P.Pt/c;;1-5(2,3)4;/h2*1H2;(H3,1,2,3,4);/q2*-1;;+2. The van der Waals surface area contributed by atoms with E-state index in [9.17, 15) is 0 Å². The van der Waals surface area contributed by atoms with Gasteiger partial charge in [-0.2, -0.15) is 0 Å². The van der Waals surface area contributed by atoms with E-state index in [0.717, 1.165) is 0 Å². The summed E-state index contributed by atoms with van der Waals surface area (Å²) in [4.78, 5) is 21.6. The van der Waals surface area contributed by atoms with Gasteiger partial charge in [0.1, 0.15) is 0 Å². The second-order valence-corrected chi connectivity index (χ2v) is 1.54. The molecule has 6 nitrogen and oxygen atoms in total. The fourth-order valence-electron chi connectivity index (χ4n) is 0. The number of phosphoric acid groups is 1. The number of nitrogens with two attached hydrogens (primary N) is 2. The molecule has 0 rings (SSSR count). The van der Waals surface area contributed by atoms with Gasteiger partial charge < -0.3 is 27.0 Å². The molecule has 0 bridgehead atoms. The number of hydrogen-bond acceptors (Lipinski definition) is 1. The zero-order chi connectivity index (χ0) is 4.50. The molecule has 0 aliphatic carbocycles.